The van der Waals surface area contributed by atoms with Crippen LogP contribution in [0.25, 0.3) is 0 Å². The van der Waals surface area contributed by atoms with Crippen LogP contribution in [0.4, 0.5) is 5.69 Å². The third kappa shape index (κ3) is 3.35. The molecule has 0 fully saturated rings. The van der Waals surface area contributed by atoms with Crippen LogP contribution in [-0.2, 0) is 0 Å². The number of hydrogen-bond donors (Lipinski definition) is 0. The summed E-state index contributed by atoms with van der Waals surface area (Å²) in [6.45, 7) is 1.99. The van der Waals surface area contributed by atoms with Gasteiger partial charge in [-0.2, -0.15) is 0 Å². The maximum atomic E-state index is 5.24. The Kier molecular flexibility index (Phi) is 4.18. The number of ether oxygens (including phenoxy) is 2. The maximum Gasteiger partial charge on any atom is 0.124 e. The highest BCUT2D eigenvalue weighted by Crippen LogP contribution is 2.28. The number of aliphatic imine (C=N–C) groups is 1. The van der Waals surface area contributed by atoms with Crippen LogP contribution in [0.3, 0.4) is 0 Å². The van der Waals surface area contributed by atoms with Crippen molar-refractivity contribution in [2.24, 2.45) is 4.99 Å². The summed E-state index contributed by atoms with van der Waals surface area (Å²) in [6.07, 6.45) is 0. The van der Waals surface area contributed by atoms with E-state index in [1.54, 1.807) is 14.2 Å². The van der Waals surface area contributed by atoms with Crippen molar-refractivity contribution < 1.29 is 9.47 Å². The molecular weight excluding hydrogens is 238 g/mol. The number of methoxy groups -OCH3 is 2. The Morgan fingerprint density at radius 3 is 2.00 bits per heavy atom. The molecule has 0 heterocycles. The van der Waals surface area contributed by atoms with Crippen molar-refractivity contribution >= 4 is 11.4 Å². The van der Waals surface area contributed by atoms with Crippen molar-refractivity contribution in [1.29, 1.82) is 0 Å². The van der Waals surface area contributed by atoms with E-state index in [0.717, 1.165) is 28.5 Å². The van der Waals surface area contributed by atoms with Crippen molar-refractivity contribution in [2.45, 2.75) is 6.92 Å². The lowest BCUT2D eigenvalue weighted by Crippen LogP contribution is -1.93. The lowest BCUT2D eigenvalue weighted by atomic mass is 10.1. The molecular formula is C16H17NO2. The van der Waals surface area contributed by atoms with Gasteiger partial charge in [-0.05, 0) is 12.5 Å². The fraction of sp³-hybridized carbons (Fsp3) is 0.188. The van der Waals surface area contributed by atoms with Crippen LogP contribution in [0.1, 0.15) is 12.5 Å². The summed E-state index contributed by atoms with van der Waals surface area (Å²) in [5.41, 5.74) is 2.87. The molecule has 0 atom stereocenters. The molecule has 0 radical (unpaired) electrons. The Labute approximate surface area is 113 Å². The van der Waals surface area contributed by atoms with Crippen molar-refractivity contribution in [3.05, 3.63) is 54.1 Å². The molecule has 0 spiro atoms. The Bertz CT molecular complexity index is 554. The van der Waals surface area contributed by atoms with Crippen LogP contribution in [0, 0.1) is 0 Å². The zero-order valence-electron chi connectivity index (χ0n) is 11.4. The minimum absolute atomic E-state index is 0.735. The van der Waals surface area contributed by atoms with E-state index in [-0.39, 0.29) is 0 Å². The highest BCUT2D eigenvalue weighted by atomic mass is 16.5. The quantitative estimate of drug-likeness (QED) is 0.777. The van der Waals surface area contributed by atoms with E-state index >= 15 is 0 Å². The predicted molar refractivity (Wildman–Crippen MR) is 77.9 cm³/mol. The van der Waals surface area contributed by atoms with Crippen LogP contribution in [-0.4, -0.2) is 19.9 Å². The van der Waals surface area contributed by atoms with Gasteiger partial charge < -0.3 is 9.47 Å². The lowest BCUT2D eigenvalue weighted by Gasteiger charge is -2.06. The van der Waals surface area contributed by atoms with Crippen molar-refractivity contribution in [3.63, 3.8) is 0 Å². The molecule has 0 N–H and O–H groups in total. The van der Waals surface area contributed by atoms with Gasteiger partial charge in [0.1, 0.15) is 11.5 Å². The first-order valence-corrected chi connectivity index (χ1v) is 6.06. The topological polar surface area (TPSA) is 30.8 Å². The van der Waals surface area contributed by atoms with Crippen molar-refractivity contribution in [1.82, 2.24) is 0 Å². The van der Waals surface area contributed by atoms with Gasteiger partial charge in [0.25, 0.3) is 0 Å². The van der Waals surface area contributed by atoms with Crippen LogP contribution < -0.4 is 9.47 Å². The van der Waals surface area contributed by atoms with Gasteiger partial charge in [0.05, 0.1) is 19.9 Å². The molecule has 0 unspecified atom stereocenters. The summed E-state index contributed by atoms with van der Waals surface area (Å²) in [6, 6.07) is 15.7. The zero-order valence-corrected chi connectivity index (χ0v) is 11.4. The molecule has 0 saturated carbocycles. The molecule has 0 saturated heterocycles. The Balaban J connectivity index is 2.37. The molecule has 3 nitrogen and oxygen atoms in total. The molecule has 0 bridgehead atoms. The maximum absolute atomic E-state index is 5.24. The Morgan fingerprint density at radius 2 is 1.47 bits per heavy atom. The van der Waals surface area contributed by atoms with Crippen molar-refractivity contribution in [3.8, 4) is 11.5 Å². The molecule has 2 aromatic rings. The molecule has 0 aliphatic rings. The highest BCUT2D eigenvalue weighted by molar-refractivity contribution is 6.00. The molecule has 0 aliphatic carbocycles. The normalized spacial score (nSPS) is 11.2. The predicted octanol–water partition coefficient (Wildman–Crippen LogP) is 3.84. The Hall–Kier alpha value is -2.29. The molecule has 0 aromatic heterocycles. The van der Waals surface area contributed by atoms with Gasteiger partial charge in [-0.15, -0.1) is 0 Å². The highest BCUT2D eigenvalue weighted by Gasteiger charge is 2.02. The number of nitrogens with zero attached hydrogens (tertiary/aromatic N) is 1. The van der Waals surface area contributed by atoms with E-state index in [0.29, 0.717) is 0 Å². The largest absolute Gasteiger partial charge is 0.497 e. The molecule has 2 aromatic carbocycles. The van der Waals surface area contributed by atoms with E-state index in [1.165, 1.54) is 0 Å². The van der Waals surface area contributed by atoms with Gasteiger partial charge >= 0.3 is 0 Å². The van der Waals surface area contributed by atoms with Gasteiger partial charge in [-0.3, -0.25) is 4.99 Å². The molecule has 0 aliphatic heterocycles. The van der Waals surface area contributed by atoms with E-state index in [4.69, 9.17) is 9.47 Å². The third-order valence-corrected chi connectivity index (χ3v) is 2.82. The van der Waals surface area contributed by atoms with Crippen LogP contribution >= 0.6 is 0 Å². The average Bonchev–Trinajstić information content (AvgIpc) is 2.47. The minimum atomic E-state index is 0.735. The van der Waals surface area contributed by atoms with Gasteiger partial charge in [-0.1, -0.05) is 30.3 Å². The summed E-state index contributed by atoms with van der Waals surface area (Å²) in [5.74, 6) is 1.47. The Morgan fingerprint density at radius 1 is 0.895 bits per heavy atom. The first-order chi connectivity index (χ1) is 9.22. The van der Waals surface area contributed by atoms with Crippen molar-refractivity contribution in [2.75, 3.05) is 14.2 Å². The van der Waals surface area contributed by atoms with E-state index in [1.807, 2.05) is 55.5 Å². The van der Waals surface area contributed by atoms with E-state index in [9.17, 15) is 0 Å². The molecule has 98 valence electrons. The van der Waals surface area contributed by atoms with E-state index < -0.39 is 0 Å². The SMILES string of the molecule is COc1cc(N=C(C)c2ccccc2)cc(OC)c1. The summed E-state index contributed by atoms with van der Waals surface area (Å²) >= 11 is 0. The summed E-state index contributed by atoms with van der Waals surface area (Å²) in [7, 11) is 3.26. The zero-order chi connectivity index (χ0) is 13.7. The number of benzene rings is 2. The molecule has 0 amide bonds. The number of rotatable bonds is 4. The lowest BCUT2D eigenvalue weighted by molar-refractivity contribution is 0.394. The minimum Gasteiger partial charge on any atom is -0.497 e. The summed E-state index contributed by atoms with van der Waals surface area (Å²) in [4.78, 5) is 4.60. The first-order valence-electron chi connectivity index (χ1n) is 6.06. The third-order valence-electron chi connectivity index (χ3n) is 2.82. The van der Waals surface area contributed by atoms with Gasteiger partial charge in [-0.25, -0.2) is 0 Å². The molecule has 2 rings (SSSR count). The standard InChI is InChI=1S/C16H17NO2/c1-12(13-7-5-4-6-8-13)17-14-9-15(18-2)11-16(10-14)19-3/h4-11H,1-3H3. The second-order valence-electron chi connectivity index (χ2n) is 4.13. The fourth-order valence-electron chi connectivity index (χ4n) is 1.79. The average molecular weight is 255 g/mol. The van der Waals surface area contributed by atoms with Crippen LogP contribution in [0.2, 0.25) is 0 Å². The van der Waals surface area contributed by atoms with Crippen LogP contribution in [0.15, 0.2) is 53.5 Å². The fourth-order valence-corrected chi connectivity index (χ4v) is 1.79. The number of hydrogen-bond acceptors (Lipinski definition) is 3. The second-order valence-corrected chi connectivity index (χ2v) is 4.13. The second kappa shape index (κ2) is 6.05. The summed E-state index contributed by atoms with van der Waals surface area (Å²) in [5, 5.41) is 0. The first kappa shape index (κ1) is 13.1. The van der Waals surface area contributed by atoms with Gasteiger partial charge in [0.2, 0.25) is 0 Å². The molecule has 19 heavy (non-hydrogen) atoms. The van der Waals surface area contributed by atoms with Gasteiger partial charge in [0, 0.05) is 23.9 Å². The molecule has 3 heteroatoms. The smallest absolute Gasteiger partial charge is 0.124 e. The monoisotopic (exact) mass is 255 g/mol. The summed E-state index contributed by atoms with van der Waals surface area (Å²) < 4.78 is 10.5. The van der Waals surface area contributed by atoms with E-state index in [2.05, 4.69) is 4.99 Å². The van der Waals surface area contributed by atoms with Crippen LogP contribution in [0.5, 0.6) is 11.5 Å². The van der Waals surface area contributed by atoms with Gasteiger partial charge in [0.15, 0.2) is 0 Å².